The summed E-state index contributed by atoms with van der Waals surface area (Å²) in [4.78, 5) is 12.4. The zero-order valence-corrected chi connectivity index (χ0v) is 14.1. The van der Waals surface area contributed by atoms with Gasteiger partial charge in [0.15, 0.2) is 5.78 Å². The number of allylic oxidation sites excluding steroid dienone is 1. The van der Waals surface area contributed by atoms with Gasteiger partial charge in [-0.05, 0) is 65.6 Å². The molecule has 23 heavy (non-hydrogen) atoms. The van der Waals surface area contributed by atoms with Crippen LogP contribution in [0, 0.1) is 0 Å². The largest absolute Gasteiger partial charge is 0.289 e. The molecule has 4 nitrogen and oxygen atoms in total. The topological polar surface area (TPSA) is 54.5 Å². The number of nitrogens with zero attached hydrogens (tertiary/aromatic N) is 1. The van der Waals surface area contributed by atoms with Crippen LogP contribution in [0.2, 0.25) is 0 Å². The van der Waals surface area contributed by atoms with Crippen LogP contribution in [0.5, 0.6) is 0 Å². The zero-order chi connectivity index (χ0) is 16.3. The third-order valence-electron chi connectivity index (χ3n) is 3.81. The van der Waals surface area contributed by atoms with Crippen LogP contribution in [0.15, 0.2) is 52.1 Å². The quantitative estimate of drug-likeness (QED) is 0.615. The van der Waals surface area contributed by atoms with Gasteiger partial charge in [-0.3, -0.25) is 4.79 Å². The van der Waals surface area contributed by atoms with Crippen molar-refractivity contribution in [2.24, 2.45) is 0 Å². The second kappa shape index (κ2) is 6.78. The predicted octanol–water partition coefficient (Wildman–Crippen LogP) is 3.43. The highest BCUT2D eigenvalue weighted by molar-refractivity contribution is 7.89. The summed E-state index contributed by atoms with van der Waals surface area (Å²) in [6.07, 6.45) is 5.08. The lowest BCUT2D eigenvalue weighted by Crippen LogP contribution is -2.27. The van der Waals surface area contributed by atoms with E-state index in [4.69, 9.17) is 0 Å². The van der Waals surface area contributed by atoms with Crippen molar-refractivity contribution in [1.82, 2.24) is 4.31 Å². The van der Waals surface area contributed by atoms with Crippen molar-refractivity contribution in [2.75, 3.05) is 13.1 Å². The molecule has 0 spiro atoms. The highest BCUT2D eigenvalue weighted by Gasteiger charge is 2.26. The highest BCUT2D eigenvalue weighted by Crippen LogP contribution is 2.21. The fraction of sp³-hybridized carbons (Fsp3) is 0.235. The third kappa shape index (κ3) is 3.60. The molecule has 3 rings (SSSR count). The number of rotatable bonds is 5. The minimum atomic E-state index is -3.42. The lowest BCUT2D eigenvalue weighted by Gasteiger charge is -2.15. The van der Waals surface area contributed by atoms with Gasteiger partial charge in [-0.1, -0.05) is 6.08 Å². The van der Waals surface area contributed by atoms with Crippen LogP contribution in [0.25, 0.3) is 6.08 Å². The minimum absolute atomic E-state index is 0.138. The van der Waals surface area contributed by atoms with E-state index in [1.165, 1.54) is 22.5 Å². The van der Waals surface area contributed by atoms with Gasteiger partial charge in [-0.25, -0.2) is 8.42 Å². The normalized spacial score (nSPS) is 16.2. The Balaban J connectivity index is 1.75. The van der Waals surface area contributed by atoms with E-state index in [2.05, 4.69) is 0 Å². The van der Waals surface area contributed by atoms with Gasteiger partial charge in [0.2, 0.25) is 10.0 Å². The summed E-state index contributed by atoms with van der Waals surface area (Å²) in [5.74, 6) is -0.138. The predicted molar refractivity (Wildman–Crippen MR) is 92.1 cm³/mol. The molecule has 6 heteroatoms. The molecule has 0 atom stereocenters. The first-order chi connectivity index (χ1) is 11.1. The Morgan fingerprint density at radius 2 is 1.78 bits per heavy atom. The van der Waals surface area contributed by atoms with Crippen LogP contribution in [-0.4, -0.2) is 31.6 Å². The Morgan fingerprint density at radius 1 is 1.09 bits per heavy atom. The summed E-state index contributed by atoms with van der Waals surface area (Å²) < 4.78 is 26.4. The number of benzene rings is 1. The summed E-state index contributed by atoms with van der Waals surface area (Å²) in [5, 5.41) is 3.90. The van der Waals surface area contributed by atoms with Gasteiger partial charge in [0.05, 0.1) is 4.90 Å². The molecule has 0 unspecified atom stereocenters. The molecule has 120 valence electrons. The van der Waals surface area contributed by atoms with Crippen LogP contribution in [0.3, 0.4) is 0 Å². The Bertz CT molecular complexity index is 800. The molecular weight excluding hydrogens is 330 g/mol. The maximum Gasteiger partial charge on any atom is 0.243 e. The molecule has 2 aromatic rings. The molecule has 1 aliphatic rings. The van der Waals surface area contributed by atoms with Crippen molar-refractivity contribution in [1.29, 1.82) is 0 Å². The smallest absolute Gasteiger partial charge is 0.243 e. The van der Waals surface area contributed by atoms with Gasteiger partial charge < -0.3 is 0 Å². The molecule has 0 radical (unpaired) electrons. The second-order valence-electron chi connectivity index (χ2n) is 5.39. The molecule has 1 fully saturated rings. The van der Waals surface area contributed by atoms with Crippen molar-refractivity contribution >= 4 is 33.2 Å². The van der Waals surface area contributed by atoms with E-state index in [-0.39, 0.29) is 10.7 Å². The fourth-order valence-corrected chi connectivity index (χ4v) is 4.65. The Morgan fingerprint density at radius 3 is 2.39 bits per heavy atom. The molecule has 1 aliphatic heterocycles. The molecule has 1 saturated heterocycles. The average molecular weight is 347 g/mol. The number of ketones is 1. The first kappa shape index (κ1) is 16.1. The van der Waals surface area contributed by atoms with Crippen LogP contribution in [0.4, 0.5) is 0 Å². The number of hydrogen-bond donors (Lipinski definition) is 0. The molecule has 0 saturated carbocycles. The second-order valence-corrected chi connectivity index (χ2v) is 8.11. The average Bonchev–Trinajstić information content (AvgIpc) is 3.26. The summed E-state index contributed by atoms with van der Waals surface area (Å²) in [5.41, 5.74) is 1.47. The number of carbonyl (C=O) groups is 1. The van der Waals surface area contributed by atoms with Crippen molar-refractivity contribution in [2.45, 2.75) is 17.7 Å². The van der Waals surface area contributed by atoms with Gasteiger partial charge in [0, 0.05) is 18.7 Å². The van der Waals surface area contributed by atoms with E-state index in [0.29, 0.717) is 18.7 Å². The number of hydrogen-bond acceptors (Lipinski definition) is 4. The molecule has 0 N–H and O–H groups in total. The Labute approximate surface area is 140 Å². The minimum Gasteiger partial charge on any atom is -0.289 e. The third-order valence-corrected chi connectivity index (χ3v) is 6.43. The number of sulfonamides is 1. The van der Waals surface area contributed by atoms with Crippen molar-refractivity contribution in [3.63, 3.8) is 0 Å². The molecule has 0 aliphatic carbocycles. The summed E-state index contributed by atoms with van der Waals surface area (Å²) in [6.45, 7) is 1.15. The van der Waals surface area contributed by atoms with Crippen LogP contribution in [-0.2, 0) is 10.0 Å². The van der Waals surface area contributed by atoms with E-state index < -0.39 is 10.0 Å². The standard InChI is InChI=1S/C17H17NO3S2/c19-17(8-3-14-9-12-22-13-14)15-4-6-16(7-5-15)23(20,21)18-10-1-2-11-18/h3-9,12-13H,1-2,10-11H2/b8-3+. The molecule has 2 heterocycles. The van der Waals surface area contributed by atoms with E-state index in [0.717, 1.165) is 18.4 Å². The summed E-state index contributed by atoms with van der Waals surface area (Å²) in [7, 11) is -3.42. The van der Waals surface area contributed by atoms with Crippen LogP contribution in [0.1, 0.15) is 28.8 Å². The first-order valence-corrected chi connectivity index (χ1v) is 9.80. The van der Waals surface area contributed by atoms with Crippen molar-refractivity contribution in [3.8, 4) is 0 Å². The number of carbonyl (C=O) groups excluding carboxylic acids is 1. The Hall–Kier alpha value is -1.76. The maximum atomic E-state index is 12.4. The summed E-state index contributed by atoms with van der Waals surface area (Å²) >= 11 is 1.57. The van der Waals surface area contributed by atoms with Crippen molar-refractivity contribution < 1.29 is 13.2 Å². The monoisotopic (exact) mass is 347 g/mol. The van der Waals surface area contributed by atoms with Gasteiger partial charge in [0.25, 0.3) is 0 Å². The van der Waals surface area contributed by atoms with Gasteiger partial charge in [-0.15, -0.1) is 0 Å². The van der Waals surface area contributed by atoms with E-state index in [1.54, 1.807) is 29.5 Å². The van der Waals surface area contributed by atoms with Crippen LogP contribution >= 0.6 is 11.3 Å². The van der Waals surface area contributed by atoms with E-state index in [9.17, 15) is 13.2 Å². The molecule has 0 amide bonds. The molecule has 0 bridgehead atoms. The molecule has 1 aromatic carbocycles. The van der Waals surface area contributed by atoms with Gasteiger partial charge in [-0.2, -0.15) is 15.6 Å². The number of thiophene rings is 1. The first-order valence-electron chi connectivity index (χ1n) is 7.42. The zero-order valence-electron chi connectivity index (χ0n) is 12.5. The van der Waals surface area contributed by atoms with Gasteiger partial charge in [0.1, 0.15) is 0 Å². The molecular formula is C17H17NO3S2. The van der Waals surface area contributed by atoms with E-state index in [1.807, 2.05) is 16.8 Å². The maximum absolute atomic E-state index is 12.4. The fourth-order valence-electron chi connectivity index (χ4n) is 2.51. The SMILES string of the molecule is O=C(/C=C/c1ccsc1)c1ccc(S(=O)(=O)N2CCCC2)cc1. The van der Waals surface area contributed by atoms with E-state index >= 15 is 0 Å². The molecule has 1 aromatic heterocycles. The lowest BCUT2D eigenvalue weighted by molar-refractivity contribution is 0.104. The van der Waals surface area contributed by atoms with Gasteiger partial charge >= 0.3 is 0 Å². The summed E-state index contributed by atoms with van der Waals surface area (Å²) in [6, 6.07) is 8.10. The van der Waals surface area contributed by atoms with Crippen LogP contribution < -0.4 is 0 Å². The lowest BCUT2D eigenvalue weighted by atomic mass is 10.1. The van der Waals surface area contributed by atoms with Crippen molar-refractivity contribution in [3.05, 3.63) is 58.3 Å². The highest BCUT2D eigenvalue weighted by atomic mass is 32.2. The Kier molecular flexibility index (Phi) is 4.75.